The van der Waals surface area contributed by atoms with E-state index in [0.717, 1.165) is 35.2 Å². The van der Waals surface area contributed by atoms with Gasteiger partial charge in [-0.1, -0.05) is 18.2 Å². The molecule has 1 saturated heterocycles. The Morgan fingerprint density at radius 3 is 2.65 bits per heavy atom. The number of benzene rings is 2. The first-order chi connectivity index (χ1) is 12.7. The van der Waals surface area contributed by atoms with Crippen molar-refractivity contribution in [1.29, 1.82) is 0 Å². The number of urea groups is 1. The SMILES string of the molecule is Cn1ncc2c(NC(=O)NCc3ccc(N4CCCC4)cc3)cccc21. The molecule has 4 rings (SSSR count). The molecule has 1 aliphatic heterocycles. The molecule has 134 valence electrons. The van der Waals surface area contributed by atoms with Crippen LogP contribution < -0.4 is 15.5 Å². The van der Waals surface area contributed by atoms with Crippen LogP contribution in [0, 0.1) is 0 Å². The minimum atomic E-state index is -0.218. The van der Waals surface area contributed by atoms with Crippen LogP contribution in [0.15, 0.2) is 48.7 Å². The molecule has 3 aromatic rings. The van der Waals surface area contributed by atoms with E-state index in [-0.39, 0.29) is 6.03 Å². The monoisotopic (exact) mass is 349 g/mol. The van der Waals surface area contributed by atoms with Gasteiger partial charge in [-0.15, -0.1) is 0 Å². The fraction of sp³-hybridized carbons (Fsp3) is 0.300. The third-order valence-corrected chi connectivity index (χ3v) is 4.90. The topological polar surface area (TPSA) is 62.2 Å². The van der Waals surface area contributed by atoms with Gasteiger partial charge in [0.05, 0.1) is 17.4 Å². The zero-order chi connectivity index (χ0) is 17.9. The zero-order valence-corrected chi connectivity index (χ0v) is 14.9. The standard InChI is InChI=1S/C20H23N5O/c1-24-19-6-4-5-18(17(19)14-22-24)23-20(26)21-13-15-7-9-16(10-8-15)25-11-2-3-12-25/h4-10,14H,2-3,11-13H2,1H3,(H2,21,23,26). The summed E-state index contributed by atoms with van der Waals surface area (Å²) in [6.07, 6.45) is 4.31. The number of hydrogen-bond donors (Lipinski definition) is 2. The number of carbonyl (C=O) groups is 1. The van der Waals surface area contributed by atoms with Gasteiger partial charge in [0, 0.05) is 37.8 Å². The summed E-state index contributed by atoms with van der Waals surface area (Å²) in [5.74, 6) is 0. The Morgan fingerprint density at radius 1 is 1.12 bits per heavy atom. The molecule has 6 heteroatoms. The summed E-state index contributed by atoms with van der Waals surface area (Å²) in [4.78, 5) is 14.7. The summed E-state index contributed by atoms with van der Waals surface area (Å²) < 4.78 is 1.79. The van der Waals surface area contributed by atoms with E-state index < -0.39 is 0 Å². The number of nitrogens with one attached hydrogen (secondary N) is 2. The minimum absolute atomic E-state index is 0.218. The molecule has 0 bridgehead atoms. The number of amides is 2. The molecule has 2 N–H and O–H groups in total. The Bertz CT molecular complexity index is 910. The van der Waals surface area contributed by atoms with E-state index in [4.69, 9.17) is 0 Å². The molecule has 0 aliphatic carbocycles. The van der Waals surface area contributed by atoms with Crippen LogP contribution >= 0.6 is 0 Å². The summed E-state index contributed by atoms with van der Waals surface area (Å²) in [5.41, 5.74) is 4.10. The molecule has 1 aromatic heterocycles. The largest absolute Gasteiger partial charge is 0.372 e. The lowest BCUT2D eigenvalue weighted by atomic mass is 10.2. The number of nitrogens with zero attached hydrogens (tertiary/aromatic N) is 3. The van der Waals surface area contributed by atoms with E-state index in [1.165, 1.54) is 18.5 Å². The van der Waals surface area contributed by atoms with Crippen LogP contribution in [0.1, 0.15) is 18.4 Å². The van der Waals surface area contributed by atoms with Crippen molar-refractivity contribution in [2.75, 3.05) is 23.3 Å². The van der Waals surface area contributed by atoms with Gasteiger partial charge in [0.2, 0.25) is 0 Å². The second kappa shape index (κ2) is 7.07. The van der Waals surface area contributed by atoms with Crippen molar-refractivity contribution >= 4 is 28.3 Å². The number of anilines is 2. The van der Waals surface area contributed by atoms with Crippen molar-refractivity contribution < 1.29 is 4.79 Å². The van der Waals surface area contributed by atoms with E-state index in [9.17, 15) is 4.79 Å². The van der Waals surface area contributed by atoms with Gasteiger partial charge in [-0.25, -0.2) is 4.79 Å². The molecule has 2 aromatic carbocycles. The zero-order valence-electron chi connectivity index (χ0n) is 14.9. The van der Waals surface area contributed by atoms with Crippen LogP contribution in [-0.4, -0.2) is 28.9 Å². The molecule has 0 spiro atoms. The Balaban J connectivity index is 1.36. The van der Waals surface area contributed by atoms with Gasteiger partial charge in [0.15, 0.2) is 0 Å². The number of hydrogen-bond acceptors (Lipinski definition) is 3. The molecule has 0 atom stereocenters. The fourth-order valence-corrected chi connectivity index (χ4v) is 3.44. The van der Waals surface area contributed by atoms with Gasteiger partial charge in [0.25, 0.3) is 0 Å². The summed E-state index contributed by atoms with van der Waals surface area (Å²) in [7, 11) is 1.89. The lowest BCUT2D eigenvalue weighted by molar-refractivity contribution is 0.252. The lowest BCUT2D eigenvalue weighted by Gasteiger charge is -2.17. The number of fused-ring (bicyclic) bond motifs is 1. The highest BCUT2D eigenvalue weighted by molar-refractivity contribution is 6.00. The van der Waals surface area contributed by atoms with Crippen LogP contribution in [0.3, 0.4) is 0 Å². The maximum Gasteiger partial charge on any atom is 0.319 e. The molecule has 26 heavy (non-hydrogen) atoms. The van der Waals surface area contributed by atoms with Crippen molar-refractivity contribution in [2.24, 2.45) is 7.05 Å². The molecular weight excluding hydrogens is 326 g/mol. The van der Waals surface area contributed by atoms with Gasteiger partial charge < -0.3 is 15.5 Å². The van der Waals surface area contributed by atoms with Crippen molar-refractivity contribution in [1.82, 2.24) is 15.1 Å². The predicted molar refractivity (Wildman–Crippen MR) is 104 cm³/mol. The third kappa shape index (κ3) is 3.35. The summed E-state index contributed by atoms with van der Waals surface area (Å²) in [5, 5.41) is 11.0. The van der Waals surface area contributed by atoms with Crippen LogP contribution in [0.4, 0.5) is 16.2 Å². The number of rotatable bonds is 4. The van der Waals surface area contributed by atoms with E-state index in [1.807, 2.05) is 25.2 Å². The molecule has 0 saturated carbocycles. The van der Waals surface area contributed by atoms with E-state index in [2.05, 4.69) is 44.9 Å². The molecule has 0 unspecified atom stereocenters. The Hall–Kier alpha value is -3.02. The van der Waals surface area contributed by atoms with Gasteiger partial charge in [-0.05, 0) is 42.7 Å². The van der Waals surface area contributed by atoms with E-state index in [0.29, 0.717) is 6.54 Å². The normalized spacial score (nSPS) is 14.0. The van der Waals surface area contributed by atoms with Gasteiger partial charge in [0.1, 0.15) is 0 Å². The first-order valence-corrected chi connectivity index (χ1v) is 9.00. The predicted octanol–water partition coefficient (Wildman–Crippen LogP) is 3.50. The second-order valence-corrected chi connectivity index (χ2v) is 6.67. The molecule has 2 heterocycles. The molecule has 2 amide bonds. The fourth-order valence-electron chi connectivity index (χ4n) is 3.44. The highest BCUT2D eigenvalue weighted by Gasteiger charge is 2.12. The smallest absolute Gasteiger partial charge is 0.319 e. The summed E-state index contributed by atoms with van der Waals surface area (Å²) in [6, 6.07) is 14.0. The number of aryl methyl sites for hydroxylation is 1. The van der Waals surface area contributed by atoms with Gasteiger partial charge in [-0.2, -0.15) is 5.10 Å². The molecule has 1 aliphatic rings. The Kier molecular flexibility index (Phi) is 4.48. The maximum atomic E-state index is 12.3. The summed E-state index contributed by atoms with van der Waals surface area (Å²) >= 11 is 0. The van der Waals surface area contributed by atoms with Crippen LogP contribution in [0.25, 0.3) is 10.9 Å². The third-order valence-electron chi connectivity index (χ3n) is 4.90. The van der Waals surface area contributed by atoms with Crippen molar-refractivity contribution in [3.05, 3.63) is 54.2 Å². The lowest BCUT2D eigenvalue weighted by Crippen LogP contribution is -2.28. The molecule has 6 nitrogen and oxygen atoms in total. The Labute approximate surface area is 152 Å². The number of carbonyl (C=O) groups excluding carboxylic acids is 1. The van der Waals surface area contributed by atoms with E-state index >= 15 is 0 Å². The minimum Gasteiger partial charge on any atom is -0.372 e. The van der Waals surface area contributed by atoms with Crippen LogP contribution in [-0.2, 0) is 13.6 Å². The number of aromatic nitrogens is 2. The quantitative estimate of drug-likeness (QED) is 0.758. The van der Waals surface area contributed by atoms with Crippen LogP contribution in [0.2, 0.25) is 0 Å². The average molecular weight is 349 g/mol. The maximum absolute atomic E-state index is 12.3. The van der Waals surface area contributed by atoms with Crippen molar-refractivity contribution in [2.45, 2.75) is 19.4 Å². The molecule has 1 fully saturated rings. The highest BCUT2D eigenvalue weighted by atomic mass is 16.2. The first-order valence-electron chi connectivity index (χ1n) is 9.00. The van der Waals surface area contributed by atoms with Gasteiger partial charge >= 0.3 is 6.03 Å². The summed E-state index contributed by atoms with van der Waals surface area (Å²) in [6.45, 7) is 2.77. The van der Waals surface area contributed by atoms with Crippen molar-refractivity contribution in [3.63, 3.8) is 0 Å². The Morgan fingerprint density at radius 2 is 1.88 bits per heavy atom. The average Bonchev–Trinajstić information content (AvgIpc) is 3.32. The van der Waals surface area contributed by atoms with Gasteiger partial charge in [-0.3, -0.25) is 4.68 Å². The van der Waals surface area contributed by atoms with Crippen LogP contribution in [0.5, 0.6) is 0 Å². The highest BCUT2D eigenvalue weighted by Crippen LogP contribution is 2.22. The first kappa shape index (κ1) is 16.4. The molecule has 0 radical (unpaired) electrons. The van der Waals surface area contributed by atoms with E-state index in [1.54, 1.807) is 10.9 Å². The molecular formula is C20H23N5O. The van der Waals surface area contributed by atoms with Crippen molar-refractivity contribution in [3.8, 4) is 0 Å². The second-order valence-electron chi connectivity index (χ2n) is 6.67.